The number of fused-ring (bicyclic) bond motifs is 4. The van der Waals surface area contributed by atoms with Crippen LogP contribution in [0.1, 0.15) is 40.2 Å². The maximum absolute atomic E-state index is 15.3. The van der Waals surface area contributed by atoms with Crippen LogP contribution in [-0.4, -0.2) is 57.0 Å². The molecule has 0 unspecified atom stereocenters. The van der Waals surface area contributed by atoms with Gasteiger partial charge in [-0.25, -0.2) is 14.1 Å². The van der Waals surface area contributed by atoms with E-state index in [1.165, 1.54) is 49.6 Å². The molecule has 6 atom stereocenters. The number of phenolic OH excluding ortho intramolecular Hbond substituents is 1. The van der Waals surface area contributed by atoms with Crippen molar-refractivity contribution in [3.63, 3.8) is 0 Å². The van der Waals surface area contributed by atoms with Gasteiger partial charge < -0.3 is 20.1 Å². The Hall–Kier alpha value is -5.92. The second kappa shape index (κ2) is 13.1. The van der Waals surface area contributed by atoms with E-state index in [2.05, 4.69) is 5.43 Å². The number of amides is 4. The number of methoxy groups -OCH3 is 1. The Kier molecular flexibility index (Phi) is 8.61. The predicted molar refractivity (Wildman–Crippen MR) is 196 cm³/mol. The van der Waals surface area contributed by atoms with Crippen molar-refractivity contribution in [1.29, 1.82) is 0 Å². The van der Waals surface area contributed by atoms with Crippen LogP contribution < -0.4 is 15.1 Å². The number of aromatic hydroxyl groups is 2. The Morgan fingerprint density at radius 1 is 0.909 bits per heavy atom. The van der Waals surface area contributed by atoms with Gasteiger partial charge in [-0.1, -0.05) is 47.0 Å². The molecule has 4 N–H and O–H groups in total. The Bertz CT molecular complexity index is 2370. The topological polar surface area (TPSA) is 174 Å². The Morgan fingerprint density at radius 2 is 1.62 bits per heavy atom. The third-order valence-electron chi connectivity index (χ3n) is 11.3. The van der Waals surface area contributed by atoms with E-state index in [1.807, 2.05) is 6.08 Å². The van der Waals surface area contributed by atoms with Crippen molar-refractivity contribution in [2.24, 2.45) is 23.7 Å². The number of carboxylic acids is 1. The molecule has 2 aliphatic carbocycles. The minimum Gasteiger partial charge on any atom is -0.507 e. The van der Waals surface area contributed by atoms with Crippen LogP contribution in [-0.2, 0) is 24.6 Å². The van der Waals surface area contributed by atoms with E-state index < -0.39 is 81.7 Å². The van der Waals surface area contributed by atoms with Crippen LogP contribution in [0.25, 0.3) is 0 Å². The molecule has 55 heavy (non-hydrogen) atoms. The molecule has 280 valence electrons. The third kappa shape index (κ3) is 5.35. The number of nitrogens with zero attached hydrogens (tertiary/aromatic N) is 2. The van der Waals surface area contributed by atoms with Gasteiger partial charge >= 0.3 is 5.97 Å². The van der Waals surface area contributed by atoms with Gasteiger partial charge in [-0.05, 0) is 90.6 Å². The first-order chi connectivity index (χ1) is 26.3. The van der Waals surface area contributed by atoms with Crippen LogP contribution in [0.2, 0.25) is 10.0 Å². The molecular weight excluding hydrogens is 756 g/mol. The number of allylic oxidation sites excluding steroid dienone is 2. The van der Waals surface area contributed by atoms with E-state index in [0.717, 1.165) is 22.0 Å². The summed E-state index contributed by atoms with van der Waals surface area (Å²) in [7, 11) is 1.33. The van der Waals surface area contributed by atoms with Crippen LogP contribution in [0, 0.1) is 29.5 Å². The van der Waals surface area contributed by atoms with Crippen LogP contribution in [0.4, 0.5) is 15.8 Å². The first-order valence-corrected chi connectivity index (χ1v) is 17.9. The number of carbonyl (C=O) groups excluding carboxylic acids is 4. The Labute approximate surface area is 322 Å². The van der Waals surface area contributed by atoms with Gasteiger partial charge in [0.05, 0.1) is 46.7 Å². The first kappa shape index (κ1) is 36.1. The number of hydrogen-bond donors (Lipinski definition) is 4. The SMILES string of the molecule is COc1cc([C@H]2C3=CC[C@@H]4C(=O)N(c5ccc(C(=O)O)c(O)c5)C(=O)[C@@H]4[C@@H]3C[C@H]3C(=O)N(Nc4ccc(F)cc4)C(=O)[C@@]23c2ccc(Cl)cc2)cc(Cl)c1O. The van der Waals surface area contributed by atoms with Crippen LogP contribution >= 0.6 is 23.2 Å². The minimum absolute atomic E-state index is 0.0114. The zero-order valence-corrected chi connectivity index (χ0v) is 30.2. The fraction of sp³-hybridized carbons (Fsp3) is 0.225. The summed E-state index contributed by atoms with van der Waals surface area (Å²) in [6, 6.07) is 18.0. The summed E-state index contributed by atoms with van der Waals surface area (Å²) in [5.41, 5.74) is 2.35. The molecular formula is C40H30Cl2FN3O9. The fourth-order valence-electron chi connectivity index (χ4n) is 9.04. The lowest BCUT2D eigenvalue weighted by Gasteiger charge is -2.50. The first-order valence-electron chi connectivity index (χ1n) is 17.1. The lowest BCUT2D eigenvalue weighted by molar-refractivity contribution is -0.138. The average Bonchev–Trinajstić information content (AvgIpc) is 3.54. The summed E-state index contributed by atoms with van der Waals surface area (Å²) in [6.45, 7) is 0. The fourth-order valence-corrected chi connectivity index (χ4v) is 9.39. The van der Waals surface area contributed by atoms with Crippen molar-refractivity contribution in [2.45, 2.75) is 24.2 Å². The lowest BCUT2D eigenvalue weighted by Crippen LogP contribution is -2.53. The van der Waals surface area contributed by atoms with Gasteiger partial charge in [0.2, 0.25) is 11.8 Å². The molecule has 8 rings (SSSR count). The van der Waals surface area contributed by atoms with Gasteiger partial charge in [-0.2, -0.15) is 5.01 Å². The predicted octanol–water partition coefficient (Wildman–Crippen LogP) is 6.44. The molecule has 3 fully saturated rings. The molecule has 0 bridgehead atoms. The van der Waals surface area contributed by atoms with Gasteiger partial charge in [0.15, 0.2) is 11.5 Å². The van der Waals surface area contributed by atoms with Crippen molar-refractivity contribution in [2.75, 3.05) is 17.4 Å². The maximum Gasteiger partial charge on any atom is 0.339 e. The molecule has 2 aliphatic heterocycles. The lowest BCUT2D eigenvalue weighted by atomic mass is 9.49. The quantitative estimate of drug-likeness (QED) is 0.121. The second-order valence-corrected chi connectivity index (χ2v) is 14.8. The third-order valence-corrected chi connectivity index (χ3v) is 11.9. The number of phenols is 2. The largest absolute Gasteiger partial charge is 0.507 e. The molecule has 0 radical (unpaired) electrons. The van der Waals surface area contributed by atoms with Gasteiger partial charge in [-0.3, -0.25) is 24.6 Å². The van der Waals surface area contributed by atoms with E-state index in [1.54, 1.807) is 24.3 Å². The summed E-state index contributed by atoms with van der Waals surface area (Å²) in [5, 5.41) is 31.8. The maximum atomic E-state index is 15.3. The molecule has 4 aromatic carbocycles. The highest BCUT2D eigenvalue weighted by atomic mass is 35.5. The van der Waals surface area contributed by atoms with Gasteiger partial charge in [0.1, 0.15) is 17.1 Å². The van der Waals surface area contributed by atoms with Gasteiger partial charge in [0, 0.05) is 17.0 Å². The van der Waals surface area contributed by atoms with Crippen LogP contribution in [0.15, 0.2) is 90.5 Å². The smallest absolute Gasteiger partial charge is 0.339 e. The number of rotatable bonds is 7. The Morgan fingerprint density at radius 3 is 2.27 bits per heavy atom. The monoisotopic (exact) mass is 785 g/mol. The van der Waals surface area contributed by atoms with Gasteiger partial charge in [0.25, 0.3) is 11.8 Å². The molecule has 2 saturated heterocycles. The summed E-state index contributed by atoms with van der Waals surface area (Å²) in [6.07, 6.45) is 1.82. The van der Waals surface area contributed by atoms with Crippen molar-refractivity contribution in [3.05, 3.63) is 123 Å². The standard InChI is InChI=1S/C40H30Cl2FN3O9/c1-55-31-15-18(14-29(42)34(31)48)33-24-12-13-26-32(37(51)45(35(26)49)23-10-11-25(38(52)53)30(47)16-23)27(24)17-28-36(50)46(44-22-8-6-21(43)7-9-22)39(54)40(28,33)19-2-4-20(41)5-3-19/h2-12,14-16,26-28,32-33,44,47-48H,13,17H2,1H3,(H,52,53)/t26-,27+,28-,32-,33-,40+/m0/s1. The number of benzene rings is 4. The molecule has 15 heteroatoms. The second-order valence-electron chi connectivity index (χ2n) is 13.9. The molecule has 0 spiro atoms. The Balaban J connectivity index is 1.33. The summed E-state index contributed by atoms with van der Waals surface area (Å²) >= 11 is 12.9. The highest BCUT2D eigenvalue weighted by Crippen LogP contribution is 2.65. The van der Waals surface area contributed by atoms with Crippen molar-refractivity contribution >= 4 is 64.2 Å². The molecule has 0 aromatic heterocycles. The zero-order valence-electron chi connectivity index (χ0n) is 28.7. The number of carbonyl (C=O) groups is 5. The number of nitrogens with one attached hydrogen (secondary N) is 1. The number of hydrazine groups is 1. The number of anilines is 2. The number of ether oxygens (including phenoxy) is 1. The minimum atomic E-state index is -1.71. The van der Waals surface area contributed by atoms with Crippen LogP contribution in [0.5, 0.6) is 17.2 Å². The number of hydrogen-bond acceptors (Lipinski definition) is 9. The zero-order chi connectivity index (χ0) is 39.1. The molecule has 2 heterocycles. The molecule has 4 aromatic rings. The molecule has 4 amide bonds. The number of carboxylic acid groups (broad SMARTS) is 1. The highest BCUT2D eigenvalue weighted by molar-refractivity contribution is 6.32. The normalized spacial score (nSPS) is 25.7. The average molecular weight is 787 g/mol. The molecule has 1 saturated carbocycles. The highest BCUT2D eigenvalue weighted by Gasteiger charge is 2.70. The van der Waals surface area contributed by atoms with Crippen molar-refractivity contribution < 1.29 is 48.4 Å². The van der Waals surface area contributed by atoms with E-state index >= 15 is 4.79 Å². The number of aromatic carboxylic acids is 1. The van der Waals surface area contributed by atoms with Crippen molar-refractivity contribution in [3.8, 4) is 17.2 Å². The van der Waals surface area contributed by atoms with Crippen LogP contribution in [0.3, 0.4) is 0 Å². The summed E-state index contributed by atoms with van der Waals surface area (Å²) in [5.74, 6) is -10.3. The summed E-state index contributed by atoms with van der Waals surface area (Å²) in [4.78, 5) is 71.2. The number of imide groups is 2. The van der Waals surface area contributed by atoms with Gasteiger partial charge in [-0.15, -0.1) is 0 Å². The molecule has 4 aliphatic rings. The van der Waals surface area contributed by atoms with E-state index in [0.29, 0.717) is 21.7 Å². The van der Waals surface area contributed by atoms with E-state index in [-0.39, 0.29) is 40.7 Å². The summed E-state index contributed by atoms with van der Waals surface area (Å²) < 4.78 is 19.4. The number of halogens is 3. The van der Waals surface area contributed by atoms with E-state index in [4.69, 9.17) is 27.9 Å². The van der Waals surface area contributed by atoms with E-state index in [9.17, 15) is 38.9 Å². The van der Waals surface area contributed by atoms with Crippen molar-refractivity contribution in [1.82, 2.24) is 5.01 Å². The molecule has 12 nitrogen and oxygen atoms in total.